The first-order chi connectivity index (χ1) is 12.6. The van der Waals surface area contributed by atoms with Crippen molar-refractivity contribution in [1.82, 2.24) is 9.62 Å². The molecule has 152 valence electrons. The number of carbonyl (C=O) groups is 1. The van der Waals surface area contributed by atoms with Crippen LogP contribution in [0, 0.1) is 11.3 Å². The highest BCUT2D eigenvalue weighted by Gasteiger charge is 2.35. The predicted octanol–water partition coefficient (Wildman–Crippen LogP) is 2.27. The van der Waals surface area contributed by atoms with Gasteiger partial charge in [-0.2, -0.15) is 4.31 Å². The number of carbonyl (C=O) groups excluding carboxylic acids is 1. The maximum absolute atomic E-state index is 13.2. The minimum absolute atomic E-state index is 0.0238. The van der Waals surface area contributed by atoms with E-state index in [0.717, 1.165) is 0 Å². The summed E-state index contributed by atoms with van der Waals surface area (Å²) in [5, 5.41) is 2.94. The van der Waals surface area contributed by atoms with E-state index in [0.29, 0.717) is 31.7 Å². The largest absolute Gasteiger partial charge is 0.497 e. The minimum atomic E-state index is -3.80. The Bertz CT molecular complexity index is 771. The van der Waals surface area contributed by atoms with Crippen LogP contribution < -0.4 is 14.8 Å². The van der Waals surface area contributed by atoms with Gasteiger partial charge in [0.05, 0.1) is 20.1 Å². The molecule has 1 N–H and O–H groups in total. The number of benzene rings is 1. The fourth-order valence-electron chi connectivity index (χ4n) is 3.00. The van der Waals surface area contributed by atoms with Crippen LogP contribution in [0.2, 0.25) is 0 Å². The Kier molecular flexibility index (Phi) is 6.75. The van der Waals surface area contributed by atoms with E-state index in [1.165, 1.54) is 24.6 Å². The number of hydrogen-bond donors (Lipinski definition) is 1. The molecule has 1 heterocycles. The fourth-order valence-corrected chi connectivity index (χ4v) is 4.69. The van der Waals surface area contributed by atoms with Gasteiger partial charge in [-0.15, -0.1) is 0 Å². The SMILES string of the molecule is COc1ccc(OC)c(S(=O)(=O)N2CCC[C@H](C(=O)NCC(C)(C)C)C2)c1. The summed E-state index contributed by atoms with van der Waals surface area (Å²) < 4.78 is 38.1. The fraction of sp³-hybridized carbons (Fsp3) is 0.632. The number of rotatable bonds is 6. The average Bonchev–Trinajstić information content (AvgIpc) is 2.65. The standard InChI is InChI=1S/C19H30N2O5S/c1-19(2,3)13-20-18(22)14-7-6-10-21(12-14)27(23,24)17-11-15(25-4)8-9-16(17)26-5/h8-9,11,14H,6-7,10,12-13H2,1-5H3,(H,20,22)/t14-/m0/s1. The normalized spacial score (nSPS) is 18.8. The number of hydrogen-bond acceptors (Lipinski definition) is 5. The average molecular weight is 399 g/mol. The molecule has 1 saturated heterocycles. The second kappa shape index (κ2) is 8.48. The van der Waals surface area contributed by atoms with E-state index in [1.54, 1.807) is 12.1 Å². The van der Waals surface area contributed by atoms with Gasteiger partial charge in [0.15, 0.2) is 0 Å². The van der Waals surface area contributed by atoms with E-state index in [4.69, 9.17) is 9.47 Å². The molecule has 2 rings (SSSR count). The quantitative estimate of drug-likeness (QED) is 0.795. The molecule has 0 aromatic heterocycles. The van der Waals surface area contributed by atoms with Crippen LogP contribution in [-0.2, 0) is 14.8 Å². The molecule has 1 aliphatic rings. The smallest absolute Gasteiger partial charge is 0.246 e. The van der Waals surface area contributed by atoms with Crippen molar-refractivity contribution in [2.45, 2.75) is 38.5 Å². The van der Waals surface area contributed by atoms with Crippen LogP contribution in [0.25, 0.3) is 0 Å². The maximum Gasteiger partial charge on any atom is 0.246 e. The van der Waals surface area contributed by atoms with Crippen LogP contribution in [0.5, 0.6) is 11.5 Å². The number of nitrogens with zero attached hydrogens (tertiary/aromatic N) is 1. The van der Waals surface area contributed by atoms with E-state index in [2.05, 4.69) is 5.32 Å². The van der Waals surface area contributed by atoms with Gasteiger partial charge in [-0.05, 0) is 30.4 Å². The third kappa shape index (κ3) is 5.35. The van der Waals surface area contributed by atoms with Crippen LogP contribution in [0.15, 0.2) is 23.1 Å². The Morgan fingerprint density at radius 3 is 2.56 bits per heavy atom. The summed E-state index contributed by atoms with van der Waals surface area (Å²) in [6.07, 6.45) is 1.32. The molecule has 1 fully saturated rings. The highest BCUT2D eigenvalue weighted by Crippen LogP contribution is 2.32. The molecule has 1 aliphatic heterocycles. The van der Waals surface area contributed by atoms with Gasteiger partial charge >= 0.3 is 0 Å². The minimum Gasteiger partial charge on any atom is -0.497 e. The van der Waals surface area contributed by atoms with E-state index < -0.39 is 10.0 Å². The summed E-state index contributed by atoms with van der Waals surface area (Å²) in [7, 11) is -0.888. The van der Waals surface area contributed by atoms with Gasteiger partial charge in [0.1, 0.15) is 16.4 Å². The van der Waals surface area contributed by atoms with Crippen molar-refractivity contribution in [2.75, 3.05) is 33.9 Å². The lowest BCUT2D eigenvalue weighted by Crippen LogP contribution is -2.46. The number of sulfonamides is 1. The molecule has 0 radical (unpaired) electrons. The molecule has 27 heavy (non-hydrogen) atoms. The number of piperidine rings is 1. The van der Waals surface area contributed by atoms with Gasteiger partial charge in [-0.25, -0.2) is 8.42 Å². The third-order valence-corrected chi connectivity index (χ3v) is 6.42. The van der Waals surface area contributed by atoms with Crippen molar-refractivity contribution in [1.29, 1.82) is 0 Å². The zero-order valence-corrected chi connectivity index (χ0v) is 17.6. The Labute approximate surface area is 162 Å². The van der Waals surface area contributed by atoms with Gasteiger partial charge in [0.25, 0.3) is 0 Å². The van der Waals surface area contributed by atoms with Gasteiger partial charge < -0.3 is 14.8 Å². The van der Waals surface area contributed by atoms with Crippen molar-refractivity contribution in [3.8, 4) is 11.5 Å². The molecule has 1 atom stereocenters. The van der Waals surface area contributed by atoms with Crippen molar-refractivity contribution in [2.24, 2.45) is 11.3 Å². The lowest BCUT2D eigenvalue weighted by Gasteiger charge is -2.32. The second-order valence-electron chi connectivity index (χ2n) is 8.00. The third-order valence-electron chi connectivity index (χ3n) is 4.54. The lowest BCUT2D eigenvalue weighted by atomic mass is 9.95. The highest BCUT2D eigenvalue weighted by molar-refractivity contribution is 7.89. The first kappa shape index (κ1) is 21.5. The van der Waals surface area contributed by atoms with Crippen molar-refractivity contribution in [3.05, 3.63) is 18.2 Å². The van der Waals surface area contributed by atoms with E-state index in [-0.39, 0.29) is 34.4 Å². The van der Waals surface area contributed by atoms with E-state index in [9.17, 15) is 13.2 Å². The Hall–Kier alpha value is -1.80. The van der Waals surface area contributed by atoms with Gasteiger partial charge in [0, 0.05) is 25.7 Å². The molecule has 0 bridgehead atoms. The zero-order chi connectivity index (χ0) is 20.2. The summed E-state index contributed by atoms with van der Waals surface area (Å²) in [4.78, 5) is 12.6. The molecular formula is C19H30N2O5S. The van der Waals surface area contributed by atoms with Crippen LogP contribution >= 0.6 is 0 Å². The van der Waals surface area contributed by atoms with Crippen molar-refractivity contribution < 1.29 is 22.7 Å². The summed E-state index contributed by atoms with van der Waals surface area (Å²) >= 11 is 0. The first-order valence-corrected chi connectivity index (χ1v) is 10.5. The number of ether oxygens (including phenoxy) is 2. The molecule has 1 amide bonds. The van der Waals surface area contributed by atoms with E-state index in [1.807, 2.05) is 20.8 Å². The highest BCUT2D eigenvalue weighted by atomic mass is 32.2. The molecule has 7 nitrogen and oxygen atoms in total. The van der Waals surface area contributed by atoms with E-state index >= 15 is 0 Å². The Morgan fingerprint density at radius 1 is 1.26 bits per heavy atom. The first-order valence-electron chi connectivity index (χ1n) is 9.08. The number of nitrogens with one attached hydrogen (secondary N) is 1. The molecular weight excluding hydrogens is 368 g/mol. The monoisotopic (exact) mass is 398 g/mol. The molecule has 1 aromatic carbocycles. The van der Waals surface area contributed by atoms with Crippen molar-refractivity contribution >= 4 is 15.9 Å². The maximum atomic E-state index is 13.2. The number of amides is 1. The van der Waals surface area contributed by atoms with Crippen LogP contribution in [0.1, 0.15) is 33.6 Å². The zero-order valence-electron chi connectivity index (χ0n) is 16.7. The van der Waals surface area contributed by atoms with Gasteiger partial charge in [0.2, 0.25) is 15.9 Å². The molecule has 0 aliphatic carbocycles. The predicted molar refractivity (Wildman–Crippen MR) is 103 cm³/mol. The van der Waals surface area contributed by atoms with Gasteiger partial charge in [-0.3, -0.25) is 4.79 Å². The number of methoxy groups -OCH3 is 2. The van der Waals surface area contributed by atoms with Gasteiger partial charge in [-0.1, -0.05) is 20.8 Å². The van der Waals surface area contributed by atoms with Crippen LogP contribution in [0.3, 0.4) is 0 Å². The van der Waals surface area contributed by atoms with Crippen molar-refractivity contribution in [3.63, 3.8) is 0 Å². The topological polar surface area (TPSA) is 84.9 Å². The van der Waals surface area contributed by atoms with Crippen LogP contribution in [0.4, 0.5) is 0 Å². The summed E-state index contributed by atoms with van der Waals surface area (Å²) in [5.74, 6) is 0.246. The summed E-state index contributed by atoms with van der Waals surface area (Å²) in [6.45, 7) is 7.23. The lowest BCUT2D eigenvalue weighted by molar-refractivity contribution is -0.126. The molecule has 0 unspecified atom stereocenters. The summed E-state index contributed by atoms with van der Waals surface area (Å²) in [5.41, 5.74) is -0.0238. The second-order valence-corrected chi connectivity index (χ2v) is 9.90. The molecule has 1 aromatic rings. The molecule has 0 spiro atoms. The summed E-state index contributed by atoms with van der Waals surface area (Å²) in [6, 6.07) is 4.68. The molecule has 0 saturated carbocycles. The Morgan fingerprint density at radius 2 is 1.96 bits per heavy atom. The van der Waals surface area contributed by atoms with Crippen LogP contribution in [-0.4, -0.2) is 52.5 Å². The Balaban J connectivity index is 2.20. The molecule has 8 heteroatoms.